The van der Waals surface area contributed by atoms with Crippen LogP contribution in [0, 0.1) is 0 Å². The minimum Gasteiger partial charge on any atom is -0.423 e. The van der Waals surface area contributed by atoms with Crippen LogP contribution in [0.1, 0.15) is 10.4 Å². The summed E-state index contributed by atoms with van der Waals surface area (Å²) in [5, 5.41) is 4.17. The largest absolute Gasteiger partial charge is 0.423 e. The Labute approximate surface area is 164 Å². The zero-order chi connectivity index (χ0) is 18.6. The summed E-state index contributed by atoms with van der Waals surface area (Å²) in [4.78, 5) is 20.9. The van der Waals surface area contributed by atoms with Gasteiger partial charge in [0.2, 0.25) is 0 Å². The van der Waals surface area contributed by atoms with Crippen LogP contribution in [0.25, 0.3) is 10.9 Å². The molecule has 4 aromatic rings. The van der Waals surface area contributed by atoms with Crippen molar-refractivity contribution in [2.45, 2.75) is 0 Å². The number of para-hydroxylation sites is 1. The number of nitrogens with zero attached hydrogens (tertiary/aromatic N) is 2. The number of hydrogen-bond acceptors (Lipinski definition) is 5. The first-order valence-corrected chi connectivity index (χ1v) is 9.03. The lowest BCUT2D eigenvalue weighted by atomic mass is 10.2. The van der Waals surface area contributed by atoms with Gasteiger partial charge in [-0.05, 0) is 48.5 Å². The number of esters is 1. The van der Waals surface area contributed by atoms with Crippen molar-refractivity contribution in [2.75, 3.05) is 5.32 Å². The van der Waals surface area contributed by atoms with Gasteiger partial charge in [0.25, 0.3) is 0 Å². The van der Waals surface area contributed by atoms with Gasteiger partial charge in [-0.25, -0.2) is 14.8 Å². The van der Waals surface area contributed by atoms with E-state index in [-0.39, 0.29) is 0 Å². The van der Waals surface area contributed by atoms with Crippen LogP contribution in [0.3, 0.4) is 0 Å². The third kappa shape index (κ3) is 3.96. The lowest BCUT2D eigenvalue weighted by molar-refractivity contribution is 0.0735. The van der Waals surface area contributed by atoms with E-state index >= 15 is 0 Å². The molecule has 0 saturated heterocycles. The van der Waals surface area contributed by atoms with Gasteiger partial charge in [0, 0.05) is 21.6 Å². The molecule has 0 saturated carbocycles. The van der Waals surface area contributed by atoms with E-state index in [1.807, 2.05) is 36.4 Å². The average Bonchev–Trinajstić information content (AvgIpc) is 2.69. The number of benzene rings is 3. The van der Waals surface area contributed by atoms with Crippen LogP contribution >= 0.6 is 15.9 Å². The highest BCUT2D eigenvalue weighted by Gasteiger charge is 2.09. The normalized spacial score (nSPS) is 10.6. The second kappa shape index (κ2) is 7.55. The van der Waals surface area contributed by atoms with E-state index in [0.717, 1.165) is 21.1 Å². The lowest BCUT2D eigenvalue weighted by Gasteiger charge is -2.10. The highest BCUT2D eigenvalue weighted by molar-refractivity contribution is 9.10. The molecule has 3 aromatic carbocycles. The maximum absolute atomic E-state index is 12.3. The summed E-state index contributed by atoms with van der Waals surface area (Å²) in [7, 11) is 0. The molecule has 1 N–H and O–H groups in total. The molecule has 0 atom stereocenters. The van der Waals surface area contributed by atoms with Crippen LogP contribution in [0.15, 0.2) is 83.6 Å². The van der Waals surface area contributed by atoms with Gasteiger partial charge in [-0.15, -0.1) is 0 Å². The minimum absolute atomic E-state index is 0.410. The Morgan fingerprint density at radius 2 is 1.74 bits per heavy atom. The second-order valence-electron chi connectivity index (χ2n) is 5.79. The Morgan fingerprint density at radius 3 is 2.59 bits per heavy atom. The summed E-state index contributed by atoms with van der Waals surface area (Å²) >= 11 is 3.35. The molecule has 0 fully saturated rings. The molecule has 0 aliphatic carbocycles. The first kappa shape index (κ1) is 17.2. The van der Waals surface area contributed by atoms with Gasteiger partial charge in [0.15, 0.2) is 0 Å². The van der Waals surface area contributed by atoms with Gasteiger partial charge in [-0.3, -0.25) is 0 Å². The number of rotatable bonds is 4. The summed E-state index contributed by atoms with van der Waals surface area (Å²) in [5.41, 5.74) is 2.10. The molecular formula is C21H14BrN3O2. The Morgan fingerprint density at radius 1 is 0.926 bits per heavy atom. The molecule has 27 heavy (non-hydrogen) atoms. The fraction of sp³-hybridized carbons (Fsp3) is 0. The number of ether oxygens (including phenoxy) is 1. The van der Waals surface area contributed by atoms with Crippen LogP contribution in [0.4, 0.5) is 11.5 Å². The zero-order valence-electron chi connectivity index (χ0n) is 14.1. The smallest absolute Gasteiger partial charge is 0.343 e. The monoisotopic (exact) mass is 419 g/mol. The second-order valence-corrected chi connectivity index (χ2v) is 6.70. The third-order valence-corrected chi connectivity index (χ3v) is 4.46. The van der Waals surface area contributed by atoms with E-state index in [4.69, 9.17) is 4.74 Å². The molecule has 1 aromatic heterocycles. The molecule has 0 spiro atoms. The maximum Gasteiger partial charge on any atom is 0.343 e. The van der Waals surface area contributed by atoms with E-state index in [1.165, 1.54) is 6.33 Å². The highest BCUT2D eigenvalue weighted by atomic mass is 79.9. The summed E-state index contributed by atoms with van der Waals surface area (Å²) in [6, 6.07) is 22.0. The molecule has 0 amide bonds. The van der Waals surface area contributed by atoms with Gasteiger partial charge in [0.05, 0.1) is 11.1 Å². The Balaban J connectivity index is 1.55. The van der Waals surface area contributed by atoms with Crippen LogP contribution in [0.2, 0.25) is 0 Å². The predicted molar refractivity (Wildman–Crippen MR) is 108 cm³/mol. The maximum atomic E-state index is 12.3. The van der Waals surface area contributed by atoms with Crippen molar-refractivity contribution in [3.05, 3.63) is 89.2 Å². The topological polar surface area (TPSA) is 64.1 Å². The summed E-state index contributed by atoms with van der Waals surface area (Å²) in [6.07, 6.45) is 1.52. The van der Waals surface area contributed by atoms with Crippen molar-refractivity contribution in [1.82, 2.24) is 9.97 Å². The molecule has 5 nitrogen and oxygen atoms in total. The lowest BCUT2D eigenvalue weighted by Crippen LogP contribution is -2.08. The molecule has 4 rings (SSSR count). The molecule has 0 bridgehead atoms. The van der Waals surface area contributed by atoms with Gasteiger partial charge < -0.3 is 10.1 Å². The van der Waals surface area contributed by atoms with Crippen molar-refractivity contribution >= 4 is 44.3 Å². The number of hydrogen-bond donors (Lipinski definition) is 1. The Bertz CT molecular complexity index is 1110. The standard InChI is InChI=1S/C21H14BrN3O2/c22-15-10-8-14(9-11-15)21(26)27-17-5-3-4-16(12-17)25-20-18-6-1-2-7-19(18)23-13-24-20/h1-13H,(H,23,24,25). The highest BCUT2D eigenvalue weighted by Crippen LogP contribution is 2.25. The van der Waals surface area contributed by atoms with Crippen LogP contribution in [0.5, 0.6) is 5.75 Å². The summed E-state index contributed by atoms with van der Waals surface area (Å²) < 4.78 is 6.38. The van der Waals surface area contributed by atoms with E-state index < -0.39 is 5.97 Å². The van der Waals surface area contributed by atoms with Gasteiger partial charge >= 0.3 is 5.97 Å². The molecule has 0 radical (unpaired) electrons. The fourth-order valence-corrected chi connectivity index (χ4v) is 2.89. The number of fused-ring (bicyclic) bond motifs is 1. The first-order chi connectivity index (χ1) is 13.2. The average molecular weight is 420 g/mol. The molecular weight excluding hydrogens is 406 g/mol. The molecule has 6 heteroatoms. The van der Waals surface area contributed by atoms with Crippen molar-refractivity contribution in [3.8, 4) is 5.75 Å². The fourth-order valence-electron chi connectivity index (χ4n) is 2.63. The Kier molecular flexibility index (Phi) is 4.80. The van der Waals surface area contributed by atoms with E-state index in [0.29, 0.717) is 17.1 Å². The van der Waals surface area contributed by atoms with Crippen molar-refractivity contribution < 1.29 is 9.53 Å². The number of halogens is 1. The number of carbonyl (C=O) groups excluding carboxylic acids is 1. The van der Waals surface area contributed by atoms with Crippen molar-refractivity contribution in [3.63, 3.8) is 0 Å². The Hall–Kier alpha value is -3.25. The SMILES string of the molecule is O=C(Oc1cccc(Nc2ncnc3ccccc23)c1)c1ccc(Br)cc1. The molecule has 0 aliphatic heterocycles. The summed E-state index contributed by atoms with van der Waals surface area (Å²) in [6.45, 7) is 0. The van der Waals surface area contributed by atoms with Gasteiger partial charge in [0.1, 0.15) is 17.9 Å². The number of nitrogens with one attached hydrogen (secondary N) is 1. The van der Waals surface area contributed by atoms with Crippen molar-refractivity contribution in [1.29, 1.82) is 0 Å². The van der Waals surface area contributed by atoms with E-state index in [9.17, 15) is 4.79 Å². The van der Waals surface area contributed by atoms with Crippen LogP contribution < -0.4 is 10.1 Å². The minimum atomic E-state index is -0.410. The first-order valence-electron chi connectivity index (χ1n) is 8.24. The van der Waals surface area contributed by atoms with Crippen LogP contribution in [-0.4, -0.2) is 15.9 Å². The molecule has 0 aliphatic rings. The van der Waals surface area contributed by atoms with Crippen LogP contribution in [-0.2, 0) is 0 Å². The van der Waals surface area contributed by atoms with E-state index in [2.05, 4.69) is 31.2 Å². The van der Waals surface area contributed by atoms with Gasteiger partial charge in [-0.2, -0.15) is 0 Å². The predicted octanol–water partition coefficient (Wildman–Crippen LogP) is 5.36. The number of anilines is 2. The number of aromatic nitrogens is 2. The van der Waals surface area contributed by atoms with Crippen molar-refractivity contribution in [2.24, 2.45) is 0 Å². The van der Waals surface area contributed by atoms with Gasteiger partial charge in [-0.1, -0.05) is 34.1 Å². The molecule has 1 heterocycles. The third-order valence-electron chi connectivity index (χ3n) is 3.93. The molecule has 0 unspecified atom stereocenters. The quantitative estimate of drug-likeness (QED) is 0.356. The van der Waals surface area contributed by atoms with E-state index in [1.54, 1.807) is 36.4 Å². The summed E-state index contributed by atoms with van der Waals surface area (Å²) in [5.74, 6) is 0.732. The number of carbonyl (C=O) groups is 1. The zero-order valence-corrected chi connectivity index (χ0v) is 15.7. The molecule has 132 valence electrons.